The lowest BCUT2D eigenvalue weighted by atomic mass is 10.1. The van der Waals surface area contributed by atoms with E-state index in [1.807, 2.05) is 0 Å². The average Bonchev–Trinajstić information content (AvgIpc) is 2.77. The first-order valence-corrected chi connectivity index (χ1v) is 7.65. The zero-order valence-electron chi connectivity index (χ0n) is 11.5. The zero-order chi connectivity index (χ0) is 15.6. The summed E-state index contributed by atoms with van der Waals surface area (Å²) in [7, 11) is -3.83. The van der Waals surface area contributed by atoms with Gasteiger partial charge in [-0.3, -0.25) is 0 Å². The van der Waals surface area contributed by atoms with Gasteiger partial charge in [-0.05, 0) is 31.5 Å². The van der Waals surface area contributed by atoms with Crippen LogP contribution in [0, 0.1) is 19.7 Å². The highest BCUT2D eigenvalue weighted by Gasteiger charge is 2.24. The largest absolute Gasteiger partial charge is 0.387 e. The van der Waals surface area contributed by atoms with Crippen LogP contribution in [0.25, 0.3) is 0 Å². The van der Waals surface area contributed by atoms with Crippen molar-refractivity contribution >= 4 is 10.0 Å². The van der Waals surface area contributed by atoms with Gasteiger partial charge in [0.15, 0.2) is 5.76 Å². The van der Waals surface area contributed by atoms with Crippen molar-refractivity contribution < 1.29 is 22.4 Å². The van der Waals surface area contributed by atoms with Crippen molar-refractivity contribution in [3.8, 4) is 0 Å². The molecule has 21 heavy (non-hydrogen) atoms. The summed E-state index contributed by atoms with van der Waals surface area (Å²) in [5.74, 6) is -0.251. The Bertz CT molecular complexity index is 706. The lowest BCUT2D eigenvalue weighted by Crippen LogP contribution is -2.29. The van der Waals surface area contributed by atoms with Crippen molar-refractivity contribution in [3.05, 3.63) is 47.1 Å². The van der Waals surface area contributed by atoms with E-state index in [1.54, 1.807) is 0 Å². The van der Waals surface area contributed by atoms with E-state index in [1.165, 1.54) is 38.1 Å². The smallest absolute Gasteiger partial charge is 0.246 e. The van der Waals surface area contributed by atoms with E-state index in [0.717, 1.165) is 0 Å². The van der Waals surface area contributed by atoms with Gasteiger partial charge in [0, 0.05) is 6.54 Å². The fourth-order valence-electron chi connectivity index (χ4n) is 1.92. The molecule has 1 aromatic carbocycles. The summed E-state index contributed by atoms with van der Waals surface area (Å²) in [6, 6.07) is 5.18. The Morgan fingerprint density at radius 1 is 1.33 bits per heavy atom. The lowest BCUT2D eigenvalue weighted by molar-refractivity contribution is 0.182. The molecule has 1 atom stereocenters. The summed E-state index contributed by atoms with van der Waals surface area (Å²) >= 11 is 0. The number of benzene rings is 1. The van der Waals surface area contributed by atoms with Gasteiger partial charge in [-0.25, -0.2) is 17.5 Å². The molecule has 0 saturated heterocycles. The van der Waals surface area contributed by atoms with Gasteiger partial charge in [0.25, 0.3) is 0 Å². The highest BCUT2D eigenvalue weighted by molar-refractivity contribution is 7.89. The number of rotatable bonds is 5. The Labute approximate surface area is 121 Å². The third kappa shape index (κ3) is 3.46. The SMILES string of the molecule is Cc1noc(C)c1S(=O)(=O)NCC(O)c1ccc(F)cc1. The van der Waals surface area contributed by atoms with Crippen molar-refractivity contribution in [2.45, 2.75) is 24.8 Å². The Morgan fingerprint density at radius 3 is 2.48 bits per heavy atom. The number of aliphatic hydroxyl groups excluding tert-OH is 1. The molecule has 0 aliphatic heterocycles. The van der Waals surface area contributed by atoms with E-state index in [0.29, 0.717) is 5.56 Å². The lowest BCUT2D eigenvalue weighted by Gasteiger charge is -2.12. The van der Waals surface area contributed by atoms with E-state index in [9.17, 15) is 17.9 Å². The maximum Gasteiger partial charge on any atom is 0.246 e. The maximum atomic E-state index is 12.8. The number of halogens is 1. The summed E-state index contributed by atoms with van der Waals surface area (Å²) < 4.78 is 44.2. The summed E-state index contributed by atoms with van der Waals surface area (Å²) in [5.41, 5.74) is 0.661. The number of nitrogens with zero attached hydrogens (tertiary/aromatic N) is 1. The fraction of sp³-hybridized carbons (Fsp3) is 0.308. The van der Waals surface area contributed by atoms with Crippen molar-refractivity contribution in [2.24, 2.45) is 0 Å². The van der Waals surface area contributed by atoms with Crippen LogP contribution in [0.15, 0.2) is 33.7 Å². The predicted molar refractivity (Wildman–Crippen MR) is 72.5 cm³/mol. The summed E-state index contributed by atoms with van der Waals surface area (Å²) in [6.07, 6.45) is -1.08. The third-order valence-electron chi connectivity index (χ3n) is 2.96. The molecule has 0 fully saturated rings. The summed E-state index contributed by atoms with van der Waals surface area (Å²) in [6.45, 7) is 2.77. The van der Waals surface area contributed by atoms with E-state index in [2.05, 4.69) is 9.88 Å². The van der Waals surface area contributed by atoms with Crippen LogP contribution in [0.1, 0.15) is 23.1 Å². The molecule has 0 bridgehead atoms. The van der Waals surface area contributed by atoms with E-state index in [4.69, 9.17) is 4.52 Å². The molecular formula is C13H15FN2O4S. The molecule has 0 aliphatic rings. The van der Waals surface area contributed by atoms with E-state index in [-0.39, 0.29) is 22.9 Å². The topological polar surface area (TPSA) is 92.4 Å². The van der Waals surface area contributed by atoms with Crippen LogP contribution in [-0.4, -0.2) is 25.2 Å². The molecular weight excluding hydrogens is 299 g/mol. The molecule has 0 aliphatic carbocycles. The van der Waals surface area contributed by atoms with Crippen LogP contribution in [0.3, 0.4) is 0 Å². The molecule has 1 unspecified atom stereocenters. The Kier molecular flexibility index (Phi) is 4.40. The molecule has 1 heterocycles. The second-order valence-corrected chi connectivity index (χ2v) is 6.28. The van der Waals surface area contributed by atoms with Crippen LogP contribution in [-0.2, 0) is 10.0 Å². The Morgan fingerprint density at radius 2 is 1.95 bits per heavy atom. The van der Waals surface area contributed by atoms with Crippen molar-refractivity contribution in [1.82, 2.24) is 9.88 Å². The molecule has 114 valence electrons. The fourth-order valence-corrected chi connectivity index (χ4v) is 3.29. The molecule has 0 amide bonds. The second kappa shape index (κ2) is 5.92. The van der Waals surface area contributed by atoms with Crippen molar-refractivity contribution in [2.75, 3.05) is 6.54 Å². The standard InChI is InChI=1S/C13H15FN2O4S/c1-8-13(9(2)20-16-8)21(18,19)15-7-12(17)10-3-5-11(14)6-4-10/h3-6,12,15,17H,7H2,1-2H3. The van der Waals surface area contributed by atoms with Gasteiger partial charge in [0.05, 0.1) is 6.10 Å². The average molecular weight is 314 g/mol. The summed E-state index contributed by atoms with van der Waals surface area (Å²) in [4.78, 5) is -0.0335. The van der Waals surface area contributed by atoms with Crippen molar-refractivity contribution in [1.29, 1.82) is 0 Å². The Balaban J connectivity index is 2.10. The monoisotopic (exact) mass is 314 g/mol. The van der Waals surface area contributed by atoms with Gasteiger partial charge in [-0.15, -0.1) is 0 Å². The number of nitrogens with one attached hydrogen (secondary N) is 1. The van der Waals surface area contributed by atoms with Crippen molar-refractivity contribution in [3.63, 3.8) is 0 Å². The second-order valence-electron chi connectivity index (χ2n) is 4.57. The third-order valence-corrected chi connectivity index (χ3v) is 4.63. The van der Waals surface area contributed by atoms with E-state index < -0.39 is 21.9 Å². The predicted octanol–water partition coefficient (Wildman–Crippen LogP) is 1.44. The number of hydrogen-bond donors (Lipinski definition) is 2. The van der Waals surface area contributed by atoms with Gasteiger partial charge in [0.1, 0.15) is 16.4 Å². The molecule has 8 heteroatoms. The molecule has 0 radical (unpaired) electrons. The van der Waals surface area contributed by atoms with Gasteiger partial charge >= 0.3 is 0 Å². The number of aryl methyl sites for hydroxylation is 2. The van der Waals surface area contributed by atoms with Crippen LogP contribution in [0.4, 0.5) is 4.39 Å². The van der Waals surface area contributed by atoms with Gasteiger partial charge in [-0.2, -0.15) is 0 Å². The molecule has 2 rings (SSSR count). The molecule has 0 spiro atoms. The van der Waals surface area contributed by atoms with Crippen LogP contribution < -0.4 is 4.72 Å². The minimum Gasteiger partial charge on any atom is -0.387 e. The quantitative estimate of drug-likeness (QED) is 0.871. The van der Waals surface area contributed by atoms with Gasteiger partial charge < -0.3 is 9.63 Å². The zero-order valence-corrected chi connectivity index (χ0v) is 12.3. The maximum absolute atomic E-state index is 12.8. The first-order chi connectivity index (χ1) is 9.81. The number of sulfonamides is 1. The molecule has 0 saturated carbocycles. The minimum atomic E-state index is -3.83. The molecule has 2 N–H and O–H groups in total. The van der Waals surface area contributed by atoms with Crippen LogP contribution >= 0.6 is 0 Å². The van der Waals surface area contributed by atoms with Gasteiger partial charge in [0.2, 0.25) is 10.0 Å². The summed E-state index contributed by atoms with van der Waals surface area (Å²) in [5, 5.41) is 13.5. The van der Waals surface area contributed by atoms with Crippen LogP contribution in [0.2, 0.25) is 0 Å². The molecule has 1 aromatic heterocycles. The highest BCUT2D eigenvalue weighted by atomic mass is 32.2. The first-order valence-electron chi connectivity index (χ1n) is 6.17. The number of hydrogen-bond acceptors (Lipinski definition) is 5. The van der Waals surface area contributed by atoms with Crippen LogP contribution in [0.5, 0.6) is 0 Å². The normalized spacial score (nSPS) is 13.3. The molecule has 6 nitrogen and oxygen atoms in total. The van der Waals surface area contributed by atoms with Gasteiger partial charge in [-0.1, -0.05) is 17.3 Å². The Hall–Kier alpha value is -1.77. The number of aliphatic hydroxyl groups is 1. The molecule has 2 aromatic rings. The van der Waals surface area contributed by atoms with E-state index >= 15 is 0 Å². The first kappa shape index (κ1) is 15.6. The minimum absolute atomic E-state index is 0.0335. The highest BCUT2D eigenvalue weighted by Crippen LogP contribution is 2.19. The number of aromatic nitrogens is 1.